The zero-order chi connectivity index (χ0) is 7.33. The second-order valence-corrected chi connectivity index (χ2v) is 5.31. The van der Waals surface area contributed by atoms with Crippen LogP contribution >= 0.6 is 0 Å². The van der Waals surface area contributed by atoms with Gasteiger partial charge in [-0.15, -0.1) is 0 Å². The monoisotopic (exact) mass is 173 g/mol. The predicted octanol–water partition coefficient (Wildman–Crippen LogP) is -0.704. The topological polar surface area (TPSA) is 83.6 Å². The number of hydrogen-bond donors (Lipinski definition) is 4. The first-order chi connectivity index (χ1) is 4.06. The van der Waals surface area contributed by atoms with E-state index in [1.807, 2.05) is 0 Å². The molecule has 0 saturated carbocycles. The second-order valence-electron chi connectivity index (χ2n) is 1.46. The van der Waals surface area contributed by atoms with E-state index in [1.54, 1.807) is 0 Å². The van der Waals surface area contributed by atoms with Crippen molar-refractivity contribution in [1.29, 1.82) is 0 Å². The molecule has 0 aromatic carbocycles. The standard InChI is InChI=1S/C3H11NO3S2/c4-2-1-3-8-9(5,6)7/h8H,1-4H2,(H2,5,6,7). The van der Waals surface area contributed by atoms with Gasteiger partial charge in [0, 0.05) is 0 Å². The zero-order valence-electron chi connectivity index (χ0n) is 4.86. The molecule has 0 atom stereocenters. The molecule has 0 spiro atoms. The summed E-state index contributed by atoms with van der Waals surface area (Å²) >= 11 is 0. The lowest BCUT2D eigenvalue weighted by atomic mass is 10.5. The summed E-state index contributed by atoms with van der Waals surface area (Å²) in [5.41, 5.74) is 5.10. The summed E-state index contributed by atoms with van der Waals surface area (Å²) < 4.78 is 26.7. The summed E-state index contributed by atoms with van der Waals surface area (Å²) in [5.74, 6) is 0.475. The van der Waals surface area contributed by atoms with Gasteiger partial charge >= 0.3 is 0 Å². The van der Waals surface area contributed by atoms with E-state index >= 15 is 0 Å². The van der Waals surface area contributed by atoms with Crippen LogP contribution in [-0.2, 0) is 19.4 Å². The molecule has 0 rings (SSSR count). The Kier molecular flexibility index (Phi) is 4.41. The van der Waals surface area contributed by atoms with Crippen LogP contribution in [0.3, 0.4) is 0 Å². The summed E-state index contributed by atoms with van der Waals surface area (Å²) in [4.78, 5) is 0. The molecular weight excluding hydrogens is 162 g/mol. The van der Waals surface area contributed by atoms with Crippen LogP contribution < -0.4 is 5.73 Å². The third-order valence-electron chi connectivity index (χ3n) is 0.622. The molecule has 0 bridgehead atoms. The van der Waals surface area contributed by atoms with Gasteiger partial charge in [0.2, 0.25) is 9.05 Å². The molecule has 9 heavy (non-hydrogen) atoms. The van der Waals surface area contributed by atoms with Crippen LogP contribution in [0.1, 0.15) is 6.42 Å². The van der Waals surface area contributed by atoms with Crippen molar-refractivity contribution in [3.8, 4) is 0 Å². The van der Waals surface area contributed by atoms with Gasteiger partial charge in [0.1, 0.15) is 0 Å². The van der Waals surface area contributed by atoms with E-state index in [9.17, 15) is 4.21 Å². The van der Waals surface area contributed by atoms with E-state index in [4.69, 9.17) is 14.8 Å². The lowest BCUT2D eigenvalue weighted by Gasteiger charge is -1.91. The van der Waals surface area contributed by atoms with Crippen molar-refractivity contribution in [2.75, 3.05) is 12.3 Å². The summed E-state index contributed by atoms with van der Waals surface area (Å²) in [6.07, 6.45) is 0.666. The van der Waals surface area contributed by atoms with Gasteiger partial charge < -0.3 is 5.73 Å². The Morgan fingerprint density at radius 2 is 2.11 bits per heavy atom. The van der Waals surface area contributed by atoms with Crippen LogP contribution in [0.2, 0.25) is 0 Å². The lowest BCUT2D eigenvalue weighted by Crippen LogP contribution is -2.04. The average Bonchev–Trinajstić information content (AvgIpc) is 1.63. The molecule has 0 fully saturated rings. The molecule has 0 aromatic rings. The molecule has 6 heteroatoms. The molecule has 0 aliphatic heterocycles. The van der Waals surface area contributed by atoms with E-state index in [0.717, 1.165) is 0 Å². The van der Waals surface area contributed by atoms with Gasteiger partial charge in [-0.05, 0) is 18.7 Å². The Labute approximate surface area is 57.7 Å². The van der Waals surface area contributed by atoms with Gasteiger partial charge in [-0.3, -0.25) is 9.11 Å². The number of nitrogens with two attached hydrogens (primary N) is 1. The van der Waals surface area contributed by atoms with Crippen molar-refractivity contribution < 1.29 is 13.3 Å². The third-order valence-corrected chi connectivity index (χ3v) is 3.01. The Morgan fingerprint density at radius 3 is 2.44 bits per heavy atom. The molecule has 0 amide bonds. The van der Waals surface area contributed by atoms with Crippen molar-refractivity contribution in [3.63, 3.8) is 0 Å². The van der Waals surface area contributed by atoms with Crippen LogP contribution in [0.15, 0.2) is 0 Å². The lowest BCUT2D eigenvalue weighted by molar-refractivity contribution is 0.450. The fraction of sp³-hybridized carbons (Fsp3) is 1.00. The van der Waals surface area contributed by atoms with E-state index in [1.165, 1.54) is 0 Å². The summed E-state index contributed by atoms with van der Waals surface area (Å²) in [6.45, 7) is 0.489. The maximum Gasteiger partial charge on any atom is 0.220 e. The molecular formula is C3H11NO3S2. The first-order valence-electron chi connectivity index (χ1n) is 2.44. The van der Waals surface area contributed by atoms with Crippen LogP contribution in [-0.4, -0.2) is 25.6 Å². The molecule has 0 heterocycles. The fourth-order valence-electron chi connectivity index (χ4n) is 0.275. The Morgan fingerprint density at radius 1 is 1.56 bits per heavy atom. The highest BCUT2D eigenvalue weighted by molar-refractivity contribution is 8.34. The fourth-order valence-corrected chi connectivity index (χ4v) is 1.93. The highest BCUT2D eigenvalue weighted by atomic mass is 32.9. The minimum atomic E-state index is -3.53. The van der Waals surface area contributed by atoms with Gasteiger partial charge in [-0.2, -0.15) is 0 Å². The normalized spacial score (nSPS) is 11.9. The molecule has 0 aromatic heterocycles. The average molecular weight is 173 g/mol. The highest BCUT2D eigenvalue weighted by Crippen LogP contribution is 1.80. The minimum Gasteiger partial charge on any atom is -0.330 e. The predicted molar refractivity (Wildman–Crippen MR) is 40.7 cm³/mol. The number of hydrogen-bond acceptors (Lipinski definition) is 2. The second kappa shape index (κ2) is 4.24. The van der Waals surface area contributed by atoms with Crippen LogP contribution in [0, 0.1) is 0 Å². The van der Waals surface area contributed by atoms with Crippen molar-refractivity contribution in [1.82, 2.24) is 0 Å². The smallest absolute Gasteiger partial charge is 0.220 e. The molecule has 0 aliphatic carbocycles. The number of thiol groups is 1. The first kappa shape index (κ1) is 9.38. The summed E-state index contributed by atoms with van der Waals surface area (Å²) in [6, 6.07) is 0. The maximum atomic E-state index is 10.1. The zero-order valence-corrected chi connectivity index (χ0v) is 6.57. The first-order valence-corrected chi connectivity index (χ1v) is 5.60. The van der Waals surface area contributed by atoms with Gasteiger partial charge in [0.25, 0.3) is 0 Å². The largest absolute Gasteiger partial charge is 0.330 e. The summed E-state index contributed by atoms with van der Waals surface area (Å²) in [5, 5.41) is 0. The molecule has 0 aliphatic rings. The van der Waals surface area contributed by atoms with Gasteiger partial charge in [-0.25, -0.2) is 4.21 Å². The van der Waals surface area contributed by atoms with Crippen LogP contribution in [0.5, 0.6) is 0 Å². The van der Waals surface area contributed by atoms with E-state index in [-0.39, 0.29) is 10.3 Å². The van der Waals surface area contributed by atoms with E-state index < -0.39 is 9.05 Å². The van der Waals surface area contributed by atoms with Crippen molar-refractivity contribution in [3.05, 3.63) is 0 Å². The quantitative estimate of drug-likeness (QED) is 0.336. The molecule has 0 unspecified atom stereocenters. The maximum absolute atomic E-state index is 10.1. The number of rotatable bonds is 3. The molecule has 0 saturated heterocycles. The van der Waals surface area contributed by atoms with Gasteiger partial charge in [-0.1, -0.05) is 10.3 Å². The van der Waals surface area contributed by atoms with Crippen LogP contribution in [0.4, 0.5) is 0 Å². The molecule has 0 radical (unpaired) electrons. The molecule has 4 nitrogen and oxygen atoms in total. The Balaban J connectivity index is 3.59. The minimum absolute atomic E-state index is 0.162. The Hall–Kier alpha value is 0.380. The van der Waals surface area contributed by atoms with Crippen LogP contribution in [0.25, 0.3) is 0 Å². The molecule has 4 N–H and O–H groups in total. The van der Waals surface area contributed by atoms with E-state index in [0.29, 0.717) is 18.7 Å². The van der Waals surface area contributed by atoms with Crippen molar-refractivity contribution in [2.45, 2.75) is 6.42 Å². The third kappa shape index (κ3) is 8.38. The summed E-state index contributed by atoms with van der Waals surface area (Å²) in [7, 11) is -3.37. The van der Waals surface area contributed by atoms with Gasteiger partial charge in [0.05, 0.1) is 0 Å². The van der Waals surface area contributed by atoms with Crippen molar-refractivity contribution >= 4 is 19.4 Å². The highest BCUT2D eigenvalue weighted by Gasteiger charge is 1.88. The van der Waals surface area contributed by atoms with Crippen molar-refractivity contribution in [2.24, 2.45) is 5.73 Å². The van der Waals surface area contributed by atoms with Gasteiger partial charge in [0.15, 0.2) is 0 Å². The Bertz CT molecular complexity index is 164. The van der Waals surface area contributed by atoms with E-state index in [2.05, 4.69) is 0 Å². The SMILES string of the molecule is NCCC[SH]=S(=O)(O)O. The molecule has 58 valence electrons.